The average Bonchev–Trinajstić information content (AvgIpc) is 2.52. The predicted octanol–water partition coefficient (Wildman–Crippen LogP) is 1.64. The number of rotatable bonds is 5. The highest BCUT2D eigenvalue weighted by Gasteiger charge is 2.07. The molecule has 1 aromatic carbocycles. The molecule has 1 aromatic heterocycles. The van der Waals surface area contributed by atoms with Crippen LogP contribution in [0, 0.1) is 0 Å². The number of methoxy groups -OCH3 is 1. The van der Waals surface area contributed by atoms with Crippen LogP contribution in [0.5, 0.6) is 5.75 Å². The van der Waals surface area contributed by atoms with Crippen molar-refractivity contribution in [1.82, 2.24) is 10.3 Å². The molecule has 0 fully saturated rings. The van der Waals surface area contributed by atoms with E-state index in [1.807, 2.05) is 12.1 Å². The highest BCUT2D eigenvalue weighted by molar-refractivity contribution is 5.92. The van der Waals surface area contributed by atoms with Gasteiger partial charge in [-0.15, -0.1) is 0 Å². The number of hydrogen-bond donors (Lipinski definition) is 3. The van der Waals surface area contributed by atoms with Gasteiger partial charge >= 0.3 is 0 Å². The van der Waals surface area contributed by atoms with Crippen molar-refractivity contribution in [1.29, 1.82) is 0 Å². The number of nitrogens with one attached hydrogen (secondary N) is 2. The molecule has 1 amide bonds. The minimum atomic E-state index is -0.222. The monoisotopic (exact) mass is 286 g/mol. The molecule has 4 N–H and O–H groups in total. The van der Waals surface area contributed by atoms with E-state index in [-0.39, 0.29) is 5.91 Å². The van der Waals surface area contributed by atoms with Gasteiger partial charge in [0.1, 0.15) is 11.4 Å². The summed E-state index contributed by atoms with van der Waals surface area (Å²) in [5.74, 6) is 0.539. The Bertz CT molecular complexity index is 643. The second kappa shape index (κ2) is 6.60. The number of hydrogen-bond acceptors (Lipinski definition) is 5. The molecule has 0 unspecified atom stereocenters. The first-order chi connectivity index (χ1) is 10.1. The molecule has 0 atom stereocenters. The average molecular weight is 286 g/mol. The lowest BCUT2D eigenvalue weighted by Crippen LogP contribution is -2.19. The smallest absolute Gasteiger partial charge is 0.269 e. The van der Waals surface area contributed by atoms with Crippen LogP contribution in [-0.4, -0.2) is 25.0 Å². The fourth-order valence-corrected chi connectivity index (χ4v) is 1.93. The highest BCUT2D eigenvalue weighted by Crippen LogP contribution is 2.22. The number of aromatic nitrogens is 1. The standard InChI is InChI=1S/C15H18N4O2/c1-17-15(20)13-8-12(5-6-18-13)19-9-10-7-11(16)3-4-14(10)21-2/h3-8H,9,16H2,1-2H3,(H,17,20)(H,18,19). The van der Waals surface area contributed by atoms with Crippen molar-refractivity contribution >= 4 is 17.3 Å². The maximum atomic E-state index is 11.5. The molecule has 6 heteroatoms. The van der Waals surface area contributed by atoms with Crippen molar-refractivity contribution in [3.63, 3.8) is 0 Å². The predicted molar refractivity (Wildman–Crippen MR) is 82.4 cm³/mol. The Morgan fingerprint density at radius 3 is 2.86 bits per heavy atom. The lowest BCUT2D eigenvalue weighted by atomic mass is 10.1. The van der Waals surface area contributed by atoms with Crippen LogP contribution < -0.4 is 21.1 Å². The van der Waals surface area contributed by atoms with Crippen molar-refractivity contribution in [3.05, 3.63) is 47.8 Å². The Balaban J connectivity index is 2.13. The van der Waals surface area contributed by atoms with Gasteiger partial charge in [0.05, 0.1) is 7.11 Å². The molecule has 1 heterocycles. The van der Waals surface area contributed by atoms with Crippen molar-refractivity contribution in [2.24, 2.45) is 0 Å². The van der Waals surface area contributed by atoms with E-state index >= 15 is 0 Å². The van der Waals surface area contributed by atoms with E-state index in [4.69, 9.17) is 10.5 Å². The third kappa shape index (κ3) is 3.62. The number of carbonyl (C=O) groups is 1. The third-order valence-corrected chi connectivity index (χ3v) is 3.01. The topological polar surface area (TPSA) is 89.3 Å². The molecule has 0 bridgehead atoms. The molecule has 0 saturated carbocycles. The number of anilines is 2. The fourth-order valence-electron chi connectivity index (χ4n) is 1.93. The SMILES string of the molecule is CNC(=O)c1cc(NCc2cc(N)ccc2OC)ccn1. The maximum Gasteiger partial charge on any atom is 0.269 e. The zero-order chi connectivity index (χ0) is 15.2. The summed E-state index contributed by atoms with van der Waals surface area (Å²) >= 11 is 0. The zero-order valence-electron chi connectivity index (χ0n) is 12.0. The minimum Gasteiger partial charge on any atom is -0.496 e. The van der Waals surface area contributed by atoms with Crippen molar-refractivity contribution < 1.29 is 9.53 Å². The first kappa shape index (κ1) is 14.6. The summed E-state index contributed by atoms with van der Waals surface area (Å²) < 4.78 is 5.30. The van der Waals surface area contributed by atoms with E-state index < -0.39 is 0 Å². The van der Waals surface area contributed by atoms with Gasteiger partial charge in [-0.2, -0.15) is 0 Å². The van der Waals surface area contributed by atoms with Gasteiger partial charge in [-0.25, -0.2) is 0 Å². The van der Waals surface area contributed by atoms with Gasteiger partial charge in [0.2, 0.25) is 0 Å². The van der Waals surface area contributed by atoms with E-state index in [1.165, 1.54) is 0 Å². The third-order valence-electron chi connectivity index (χ3n) is 3.01. The van der Waals surface area contributed by atoms with Crippen LogP contribution >= 0.6 is 0 Å². The second-order valence-corrected chi connectivity index (χ2v) is 4.43. The summed E-state index contributed by atoms with van der Waals surface area (Å²) in [6.07, 6.45) is 1.59. The number of ether oxygens (including phenoxy) is 1. The quantitative estimate of drug-likeness (QED) is 0.727. The minimum absolute atomic E-state index is 0.222. The molecule has 0 radical (unpaired) electrons. The van der Waals surface area contributed by atoms with Crippen molar-refractivity contribution in [3.8, 4) is 5.75 Å². The summed E-state index contributed by atoms with van der Waals surface area (Å²) in [6.45, 7) is 0.533. The van der Waals surface area contributed by atoms with Crippen LogP contribution in [0.25, 0.3) is 0 Å². The Morgan fingerprint density at radius 2 is 2.14 bits per heavy atom. The highest BCUT2D eigenvalue weighted by atomic mass is 16.5. The molecule has 2 rings (SSSR count). The van der Waals surface area contributed by atoms with Gasteiger partial charge in [-0.1, -0.05) is 0 Å². The Hall–Kier alpha value is -2.76. The lowest BCUT2D eigenvalue weighted by Gasteiger charge is -2.12. The van der Waals surface area contributed by atoms with Gasteiger partial charge in [0.25, 0.3) is 5.91 Å². The zero-order valence-corrected chi connectivity index (χ0v) is 12.0. The summed E-state index contributed by atoms with van der Waals surface area (Å²) in [6, 6.07) is 8.96. The van der Waals surface area contributed by atoms with E-state index in [0.29, 0.717) is 17.9 Å². The number of pyridine rings is 1. The Morgan fingerprint density at radius 1 is 1.33 bits per heavy atom. The Labute approximate surface area is 123 Å². The van der Waals surface area contributed by atoms with Crippen molar-refractivity contribution in [2.75, 3.05) is 25.2 Å². The first-order valence-electron chi connectivity index (χ1n) is 6.48. The largest absolute Gasteiger partial charge is 0.496 e. The lowest BCUT2D eigenvalue weighted by molar-refractivity contribution is 0.0958. The summed E-state index contributed by atoms with van der Waals surface area (Å²) in [5.41, 5.74) is 8.56. The van der Waals surface area contributed by atoms with Crippen LogP contribution in [0.2, 0.25) is 0 Å². The van der Waals surface area contributed by atoms with Crippen LogP contribution in [0.3, 0.4) is 0 Å². The molecule has 0 aliphatic heterocycles. The first-order valence-corrected chi connectivity index (χ1v) is 6.48. The number of carbonyl (C=O) groups excluding carboxylic acids is 1. The summed E-state index contributed by atoms with van der Waals surface area (Å²) in [7, 11) is 3.19. The van der Waals surface area contributed by atoms with Crippen LogP contribution in [0.1, 0.15) is 16.1 Å². The van der Waals surface area contributed by atoms with E-state index in [1.54, 1.807) is 38.6 Å². The molecular weight excluding hydrogens is 268 g/mol. The van der Waals surface area contributed by atoms with Crippen molar-refractivity contribution in [2.45, 2.75) is 6.54 Å². The number of amides is 1. The van der Waals surface area contributed by atoms with Gasteiger partial charge in [-0.05, 0) is 30.3 Å². The molecule has 6 nitrogen and oxygen atoms in total. The molecule has 0 aliphatic carbocycles. The maximum absolute atomic E-state index is 11.5. The molecule has 0 saturated heterocycles. The molecular formula is C15H18N4O2. The molecule has 2 aromatic rings. The number of nitrogen functional groups attached to an aromatic ring is 1. The van der Waals surface area contributed by atoms with Gasteiger partial charge < -0.3 is 21.1 Å². The van der Waals surface area contributed by atoms with E-state index in [9.17, 15) is 4.79 Å². The van der Waals surface area contributed by atoms with Gasteiger partial charge in [0, 0.05) is 36.7 Å². The molecule has 110 valence electrons. The summed E-state index contributed by atoms with van der Waals surface area (Å²) in [4.78, 5) is 15.6. The van der Waals surface area contributed by atoms with E-state index in [2.05, 4.69) is 15.6 Å². The Kier molecular flexibility index (Phi) is 4.61. The fraction of sp³-hybridized carbons (Fsp3) is 0.200. The number of nitrogens with two attached hydrogens (primary N) is 1. The normalized spacial score (nSPS) is 10.0. The number of benzene rings is 1. The van der Waals surface area contributed by atoms with Crippen LogP contribution in [0.4, 0.5) is 11.4 Å². The number of nitrogens with zero attached hydrogens (tertiary/aromatic N) is 1. The molecule has 0 spiro atoms. The van der Waals surface area contributed by atoms with Gasteiger partial charge in [-0.3, -0.25) is 9.78 Å². The van der Waals surface area contributed by atoms with Crippen LogP contribution in [0.15, 0.2) is 36.5 Å². The van der Waals surface area contributed by atoms with Crippen LogP contribution in [-0.2, 0) is 6.54 Å². The van der Waals surface area contributed by atoms with Gasteiger partial charge in [0.15, 0.2) is 0 Å². The summed E-state index contributed by atoms with van der Waals surface area (Å²) in [5, 5.41) is 5.77. The molecule has 21 heavy (non-hydrogen) atoms. The molecule has 0 aliphatic rings. The second-order valence-electron chi connectivity index (χ2n) is 4.43. The van der Waals surface area contributed by atoms with E-state index in [0.717, 1.165) is 17.0 Å².